The van der Waals surface area contributed by atoms with E-state index in [9.17, 15) is 19.8 Å². The zero-order valence-corrected chi connectivity index (χ0v) is 21.1. The molecule has 0 aliphatic carbocycles. The molecule has 3 N–H and O–H groups in total. The van der Waals surface area contributed by atoms with E-state index in [1.165, 1.54) is 4.90 Å². The highest BCUT2D eigenvalue weighted by Crippen LogP contribution is 2.33. The van der Waals surface area contributed by atoms with Crippen LogP contribution in [0.3, 0.4) is 0 Å². The number of nitrogens with zero attached hydrogens (tertiary/aromatic N) is 3. The third-order valence-corrected chi connectivity index (χ3v) is 6.74. The van der Waals surface area contributed by atoms with E-state index in [-0.39, 0.29) is 12.6 Å². The maximum absolute atomic E-state index is 13.0. The lowest BCUT2D eigenvalue weighted by molar-refractivity contribution is -0.153. The van der Waals surface area contributed by atoms with Crippen LogP contribution in [0.5, 0.6) is 0 Å². The summed E-state index contributed by atoms with van der Waals surface area (Å²) in [5.41, 5.74) is 3.66. The van der Waals surface area contributed by atoms with Crippen molar-refractivity contribution in [2.75, 3.05) is 6.54 Å². The van der Waals surface area contributed by atoms with Crippen LogP contribution >= 0.6 is 11.6 Å². The number of hydrogen-bond acceptors (Lipinski definition) is 5. The quantitative estimate of drug-likeness (QED) is 0.431. The van der Waals surface area contributed by atoms with Gasteiger partial charge >= 0.3 is 0 Å². The average molecular weight is 511 g/mol. The molecule has 1 fully saturated rings. The lowest BCUT2D eigenvalue weighted by atomic mass is 10.0. The number of carbonyl (C=O) groups is 2. The topological polar surface area (TPSA) is 108 Å². The van der Waals surface area contributed by atoms with Gasteiger partial charge in [-0.15, -0.1) is 0 Å². The highest BCUT2D eigenvalue weighted by Gasteiger charge is 2.38. The molecular weight excluding hydrogens is 480 g/mol. The van der Waals surface area contributed by atoms with Crippen molar-refractivity contribution in [1.82, 2.24) is 20.0 Å². The fourth-order valence-electron chi connectivity index (χ4n) is 4.55. The second-order valence-corrected chi connectivity index (χ2v) is 9.78. The summed E-state index contributed by atoms with van der Waals surface area (Å²) in [5.74, 6) is -1.17. The van der Waals surface area contributed by atoms with Gasteiger partial charge in [0.05, 0.1) is 11.7 Å². The Bertz CT molecular complexity index is 1210. The van der Waals surface area contributed by atoms with E-state index < -0.39 is 24.0 Å². The fraction of sp³-hybridized carbons (Fsp3) is 0.370. The summed E-state index contributed by atoms with van der Waals surface area (Å²) in [6.07, 6.45) is -0.507. The first-order valence-corrected chi connectivity index (χ1v) is 12.5. The summed E-state index contributed by atoms with van der Waals surface area (Å²) in [5, 5.41) is 28.4. The van der Waals surface area contributed by atoms with Crippen molar-refractivity contribution in [3.05, 3.63) is 82.6 Å². The van der Waals surface area contributed by atoms with E-state index in [1.807, 2.05) is 47.1 Å². The lowest BCUT2D eigenvalue weighted by Crippen LogP contribution is -2.50. The standard InChI is InChI=1S/C27H31ClN4O4/c1-17(2)22-12-13-30-32(22)21-10-8-18(9-11-21)16-29-26(35)24(33)25(34)27(36)31-14-4-7-23(31)19-5-3-6-20(28)15-19/h3,5-6,8-13,15,17,23-25,33-34H,4,7,14,16H2,1-2H3,(H,29,35)/t23?,24-,25-/m1/s1. The summed E-state index contributed by atoms with van der Waals surface area (Å²) in [7, 11) is 0. The van der Waals surface area contributed by atoms with Gasteiger partial charge in [-0.3, -0.25) is 9.59 Å². The molecule has 190 valence electrons. The molecule has 3 aromatic rings. The van der Waals surface area contributed by atoms with Crippen LogP contribution in [0.4, 0.5) is 0 Å². The van der Waals surface area contributed by atoms with Crippen molar-refractivity contribution in [2.45, 2.75) is 57.4 Å². The van der Waals surface area contributed by atoms with Crippen molar-refractivity contribution in [2.24, 2.45) is 0 Å². The highest BCUT2D eigenvalue weighted by molar-refractivity contribution is 6.30. The summed E-state index contributed by atoms with van der Waals surface area (Å²) >= 11 is 6.09. The van der Waals surface area contributed by atoms with Crippen LogP contribution in [0.25, 0.3) is 5.69 Å². The molecule has 1 unspecified atom stereocenters. The average Bonchev–Trinajstić information content (AvgIpc) is 3.56. The molecule has 0 saturated carbocycles. The monoisotopic (exact) mass is 510 g/mol. The maximum Gasteiger partial charge on any atom is 0.255 e. The molecule has 9 heteroatoms. The molecule has 2 heterocycles. The van der Waals surface area contributed by atoms with Gasteiger partial charge in [0.1, 0.15) is 0 Å². The van der Waals surface area contributed by atoms with Crippen LogP contribution in [-0.2, 0) is 16.1 Å². The van der Waals surface area contributed by atoms with Gasteiger partial charge in [-0.05, 0) is 60.2 Å². The summed E-state index contributed by atoms with van der Waals surface area (Å²) in [6.45, 7) is 4.77. The Morgan fingerprint density at radius 3 is 2.56 bits per heavy atom. The molecule has 0 bridgehead atoms. The largest absolute Gasteiger partial charge is 0.380 e. The van der Waals surface area contributed by atoms with Gasteiger partial charge in [0.25, 0.3) is 11.8 Å². The SMILES string of the molecule is CC(C)c1ccnn1-c1ccc(CNC(=O)[C@H](O)[C@@H](O)C(=O)N2CCCC2c2cccc(Cl)c2)cc1. The summed E-state index contributed by atoms with van der Waals surface area (Å²) < 4.78 is 1.87. The Hall–Kier alpha value is -3.20. The Balaban J connectivity index is 1.35. The molecule has 2 amide bonds. The van der Waals surface area contributed by atoms with E-state index in [2.05, 4.69) is 24.3 Å². The lowest BCUT2D eigenvalue weighted by Gasteiger charge is -2.28. The summed E-state index contributed by atoms with van der Waals surface area (Å²) in [4.78, 5) is 27.0. The van der Waals surface area contributed by atoms with E-state index in [1.54, 1.807) is 18.3 Å². The molecule has 36 heavy (non-hydrogen) atoms. The Morgan fingerprint density at radius 1 is 1.11 bits per heavy atom. The number of hydrogen-bond donors (Lipinski definition) is 3. The third-order valence-electron chi connectivity index (χ3n) is 6.50. The van der Waals surface area contributed by atoms with Crippen LogP contribution in [0.2, 0.25) is 5.02 Å². The predicted molar refractivity (Wildman–Crippen MR) is 137 cm³/mol. The van der Waals surface area contributed by atoms with Gasteiger partial charge in [0.15, 0.2) is 12.2 Å². The molecule has 0 spiro atoms. The van der Waals surface area contributed by atoms with Gasteiger partial charge in [0.2, 0.25) is 0 Å². The van der Waals surface area contributed by atoms with Gasteiger partial charge in [-0.25, -0.2) is 4.68 Å². The molecule has 2 aromatic carbocycles. The number of aliphatic hydroxyl groups is 2. The number of nitrogens with one attached hydrogen (secondary N) is 1. The number of aromatic nitrogens is 2. The number of benzene rings is 2. The second kappa shape index (κ2) is 11.2. The van der Waals surface area contributed by atoms with Crippen molar-refractivity contribution in [1.29, 1.82) is 0 Å². The van der Waals surface area contributed by atoms with Crippen LogP contribution < -0.4 is 5.32 Å². The molecule has 0 radical (unpaired) electrons. The van der Waals surface area contributed by atoms with Crippen molar-refractivity contribution in [3.8, 4) is 5.69 Å². The zero-order chi connectivity index (χ0) is 25.8. The van der Waals surface area contributed by atoms with Crippen molar-refractivity contribution >= 4 is 23.4 Å². The normalized spacial score (nSPS) is 17.3. The van der Waals surface area contributed by atoms with E-state index in [4.69, 9.17) is 11.6 Å². The molecule has 4 rings (SSSR count). The van der Waals surface area contributed by atoms with Gasteiger partial charge < -0.3 is 20.4 Å². The van der Waals surface area contributed by atoms with Gasteiger partial charge in [0, 0.05) is 30.0 Å². The highest BCUT2D eigenvalue weighted by atomic mass is 35.5. The zero-order valence-electron chi connectivity index (χ0n) is 20.3. The minimum Gasteiger partial charge on any atom is -0.380 e. The predicted octanol–water partition coefficient (Wildman–Crippen LogP) is 3.35. The first-order valence-electron chi connectivity index (χ1n) is 12.1. The molecule has 1 aromatic heterocycles. The van der Waals surface area contributed by atoms with Crippen LogP contribution in [-0.4, -0.2) is 55.5 Å². The van der Waals surface area contributed by atoms with E-state index in [0.29, 0.717) is 23.9 Å². The number of aliphatic hydroxyl groups excluding tert-OH is 2. The Morgan fingerprint density at radius 2 is 1.86 bits per heavy atom. The molecule has 1 aliphatic rings. The van der Waals surface area contributed by atoms with Crippen LogP contribution in [0.1, 0.15) is 55.5 Å². The molecule has 1 saturated heterocycles. The fourth-order valence-corrected chi connectivity index (χ4v) is 4.75. The van der Waals surface area contributed by atoms with Crippen molar-refractivity contribution < 1.29 is 19.8 Å². The summed E-state index contributed by atoms with van der Waals surface area (Å²) in [6, 6.07) is 16.5. The minimum atomic E-state index is -1.88. The molecular formula is C27H31ClN4O4. The van der Waals surface area contributed by atoms with E-state index >= 15 is 0 Å². The van der Waals surface area contributed by atoms with Crippen molar-refractivity contribution in [3.63, 3.8) is 0 Å². The number of carbonyl (C=O) groups excluding carboxylic acids is 2. The van der Waals surface area contributed by atoms with Crippen LogP contribution in [0, 0.1) is 0 Å². The van der Waals surface area contributed by atoms with Gasteiger partial charge in [-0.2, -0.15) is 5.10 Å². The van der Waals surface area contributed by atoms with E-state index in [0.717, 1.165) is 28.9 Å². The molecule has 8 nitrogen and oxygen atoms in total. The Labute approximate surface area is 215 Å². The Kier molecular flexibility index (Phi) is 8.08. The smallest absolute Gasteiger partial charge is 0.255 e. The first kappa shape index (κ1) is 25.9. The number of amides is 2. The number of rotatable bonds is 8. The number of halogens is 1. The minimum absolute atomic E-state index is 0.141. The third kappa shape index (κ3) is 5.61. The molecule has 3 atom stereocenters. The molecule has 1 aliphatic heterocycles. The van der Waals surface area contributed by atoms with Gasteiger partial charge in [-0.1, -0.05) is 49.7 Å². The second-order valence-electron chi connectivity index (χ2n) is 9.34. The maximum atomic E-state index is 13.0. The number of likely N-dealkylation sites (tertiary alicyclic amines) is 1. The first-order chi connectivity index (χ1) is 17.3. The van der Waals surface area contributed by atoms with Crippen LogP contribution in [0.15, 0.2) is 60.8 Å².